The molecule has 0 aliphatic carbocycles. The molecule has 0 fully saturated rings. The Hall–Kier alpha value is -2.18. The number of aromatic nitrogens is 3. The van der Waals surface area contributed by atoms with E-state index < -0.39 is 0 Å². The van der Waals surface area contributed by atoms with Gasteiger partial charge >= 0.3 is 0 Å². The number of ether oxygens (including phenoxy) is 1. The Bertz CT molecular complexity index is 820. The first-order valence-electron chi connectivity index (χ1n) is 7.43. The van der Waals surface area contributed by atoms with Crippen molar-refractivity contribution in [1.29, 1.82) is 0 Å². The molecule has 3 rings (SSSR count). The molecule has 5 nitrogen and oxygen atoms in total. The number of aryl methyl sites for hydroxylation is 1. The molecule has 2 N–H and O–H groups in total. The molecule has 124 valence electrons. The van der Waals surface area contributed by atoms with Crippen molar-refractivity contribution in [2.24, 2.45) is 0 Å². The molecule has 0 radical (unpaired) electrons. The van der Waals surface area contributed by atoms with Crippen molar-refractivity contribution >= 4 is 23.4 Å². The third kappa shape index (κ3) is 3.83. The molecule has 0 saturated heterocycles. The summed E-state index contributed by atoms with van der Waals surface area (Å²) in [4.78, 5) is 0. The van der Waals surface area contributed by atoms with Crippen LogP contribution in [-0.4, -0.2) is 27.2 Å². The molecule has 0 aliphatic heterocycles. The monoisotopic (exact) mass is 360 g/mol. The molecule has 24 heavy (non-hydrogen) atoms. The second kappa shape index (κ2) is 7.59. The maximum atomic E-state index is 6.13. The second-order valence-corrected chi connectivity index (χ2v) is 6.64. The van der Waals surface area contributed by atoms with Crippen LogP contribution in [0.2, 0.25) is 5.02 Å². The largest absolute Gasteiger partial charge is 0.493 e. The van der Waals surface area contributed by atoms with Gasteiger partial charge in [-0.3, -0.25) is 0 Å². The fraction of sp³-hybridized carbons (Fsp3) is 0.176. The number of hydrogen-bond acceptors (Lipinski definition) is 5. The highest BCUT2D eigenvalue weighted by Crippen LogP contribution is 2.24. The summed E-state index contributed by atoms with van der Waals surface area (Å²) in [5.41, 5.74) is 2.09. The number of nitrogens with two attached hydrogens (primary N) is 1. The maximum Gasteiger partial charge on any atom is 0.210 e. The summed E-state index contributed by atoms with van der Waals surface area (Å²) in [6.45, 7) is 2.57. The van der Waals surface area contributed by atoms with E-state index in [9.17, 15) is 0 Å². The molecule has 0 atom stereocenters. The van der Waals surface area contributed by atoms with E-state index in [4.69, 9.17) is 22.2 Å². The molecule has 3 aromatic rings. The van der Waals surface area contributed by atoms with Gasteiger partial charge in [0.1, 0.15) is 5.75 Å². The Kier molecular flexibility index (Phi) is 5.27. The number of thioether (sulfide) groups is 1. The van der Waals surface area contributed by atoms with Crippen molar-refractivity contribution in [2.45, 2.75) is 12.1 Å². The predicted octanol–water partition coefficient (Wildman–Crippen LogP) is 3.79. The van der Waals surface area contributed by atoms with Crippen molar-refractivity contribution in [3.8, 4) is 17.1 Å². The van der Waals surface area contributed by atoms with Crippen LogP contribution < -0.4 is 10.6 Å². The Morgan fingerprint density at radius 1 is 1.12 bits per heavy atom. The molecule has 1 aromatic heterocycles. The third-order valence-electron chi connectivity index (χ3n) is 3.45. The number of rotatable bonds is 6. The first-order valence-corrected chi connectivity index (χ1v) is 8.79. The number of nitrogens with zero attached hydrogens (tertiary/aromatic N) is 3. The smallest absolute Gasteiger partial charge is 0.210 e. The van der Waals surface area contributed by atoms with E-state index in [0.29, 0.717) is 28.4 Å². The van der Waals surface area contributed by atoms with E-state index in [-0.39, 0.29) is 0 Å². The average molecular weight is 361 g/mol. The number of hydrogen-bond donors (Lipinski definition) is 1. The number of benzene rings is 2. The highest BCUT2D eigenvalue weighted by Gasteiger charge is 2.13. The minimum absolute atomic E-state index is 0.541. The van der Waals surface area contributed by atoms with Crippen molar-refractivity contribution in [2.75, 3.05) is 18.2 Å². The third-order valence-corrected chi connectivity index (χ3v) is 4.61. The van der Waals surface area contributed by atoms with E-state index in [1.165, 1.54) is 16.4 Å². The fourth-order valence-electron chi connectivity index (χ4n) is 2.21. The van der Waals surface area contributed by atoms with Gasteiger partial charge in [-0.05, 0) is 36.8 Å². The molecule has 2 aromatic carbocycles. The molecular formula is C17H17ClN4OS. The van der Waals surface area contributed by atoms with Crippen molar-refractivity contribution in [1.82, 2.24) is 14.9 Å². The van der Waals surface area contributed by atoms with Crippen molar-refractivity contribution < 1.29 is 4.74 Å². The summed E-state index contributed by atoms with van der Waals surface area (Å²) >= 11 is 7.35. The molecule has 0 saturated carbocycles. The highest BCUT2D eigenvalue weighted by atomic mass is 35.5. The van der Waals surface area contributed by atoms with E-state index in [0.717, 1.165) is 16.9 Å². The topological polar surface area (TPSA) is 66.0 Å². The minimum atomic E-state index is 0.541. The van der Waals surface area contributed by atoms with Gasteiger partial charge in [0.25, 0.3) is 0 Å². The van der Waals surface area contributed by atoms with Gasteiger partial charge in [-0.1, -0.05) is 47.6 Å². The molecule has 7 heteroatoms. The predicted molar refractivity (Wildman–Crippen MR) is 98.0 cm³/mol. The molecule has 0 unspecified atom stereocenters. The van der Waals surface area contributed by atoms with E-state index in [2.05, 4.69) is 10.2 Å². The van der Waals surface area contributed by atoms with Crippen LogP contribution >= 0.6 is 23.4 Å². The SMILES string of the molecule is Cc1ccccc1-c1nnc(SCCOc2ccc(Cl)cc2)n1N. The minimum Gasteiger partial charge on any atom is -0.493 e. The summed E-state index contributed by atoms with van der Waals surface area (Å²) in [6, 6.07) is 15.2. The van der Waals surface area contributed by atoms with Crippen LogP contribution in [0, 0.1) is 6.92 Å². The zero-order valence-corrected chi connectivity index (χ0v) is 14.7. The lowest BCUT2D eigenvalue weighted by Gasteiger charge is -2.07. The zero-order chi connectivity index (χ0) is 16.9. The van der Waals surface area contributed by atoms with Gasteiger partial charge in [-0.15, -0.1) is 10.2 Å². The Labute approximate surface area is 149 Å². The van der Waals surface area contributed by atoms with Gasteiger partial charge in [0.15, 0.2) is 5.82 Å². The van der Waals surface area contributed by atoms with Gasteiger partial charge in [-0.2, -0.15) is 0 Å². The Morgan fingerprint density at radius 3 is 2.62 bits per heavy atom. The molecule has 0 spiro atoms. The van der Waals surface area contributed by atoms with Gasteiger partial charge < -0.3 is 10.6 Å². The van der Waals surface area contributed by atoms with Crippen LogP contribution in [0.25, 0.3) is 11.4 Å². The van der Waals surface area contributed by atoms with Crippen molar-refractivity contribution in [3.05, 3.63) is 59.1 Å². The number of nitrogen functional groups attached to an aromatic ring is 1. The van der Waals surface area contributed by atoms with Gasteiger partial charge in [-0.25, -0.2) is 4.68 Å². The number of halogens is 1. The molecule has 1 heterocycles. The average Bonchev–Trinajstić information content (AvgIpc) is 2.94. The van der Waals surface area contributed by atoms with E-state index in [1.54, 1.807) is 12.1 Å². The Morgan fingerprint density at radius 2 is 1.88 bits per heavy atom. The lowest BCUT2D eigenvalue weighted by atomic mass is 10.1. The first kappa shape index (κ1) is 16.7. The molecule has 0 bridgehead atoms. The Balaban J connectivity index is 1.59. The molecule has 0 aliphatic rings. The molecule has 0 amide bonds. The first-order chi connectivity index (χ1) is 11.6. The van der Waals surface area contributed by atoms with Crippen LogP contribution in [0.15, 0.2) is 53.7 Å². The van der Waals surface area contributed by atoms with Crippen LogP contribution in [0.4, 0.5) is 0 Å². The summed E-state index contributed by atoms with van der Waals surface area (Å²) in [5.74, 6) is 8.29. The lowest BCUT2D eigenvalue weighted by molar-refractivity contribution is 0.344. The quantitative estimate of drug-likeness (QED) is 0.411. The highest BCUT2D eigenvalue weighted by molar-refractivity contribution is 7.99. The lowest BCUT2D eigenvalue weighted by Crippen LogP contribution is -2.12. The van der Waals surface area contributed by atoms with Crippen LogP contribution in [0.5, 0.6) is 5.75 Å². The van der Waals surface area contributed by atoms with E-state index in [1.807, 2.05) is 43.3 Å². The van der Waals surface area contributed by atoms with E-state index >= 15 is 0 Å². The van der Waals surface area contributed by atoms with Crippen molar-refractivity contribution in [3.63, 3.8) is 0 Å². The van der Waals surface area contributed by atoms with Crippen LogP contribution in [-0.2, 0) is 0 Å². The summed E-state index contributed by atoms with van der Waals surface area (Å²) in [6.07, 6.45) is 0. The van der Waals surface area contributed by atoms with Gasteiger partial charge in [0.2, 0.25) is 5.16 Å². The standard InChI is InChI=1S/C17H17ClN4OS/c1-12-4-2-3-5-15(12)16-20-21-17(22(16)19)24-11-10-23-14-8-6-13(18)7-9-14/h2-9H,10-11,19H2,1H3. The maximum absolute atomic E-state index is 6.13. The van der Waals surface area contributed by atoms with Gasteiger partial charge in [0.05, 0.1) is 6.61 Å². The summed E-state index contributed by atoms with van der Waals surface area (Å²) < 4.78 is 7.18. The fourth-order valence-corrected chi connectivity index (χ4v) is 3.01. The van der Waals surface area contributed by atoms with Gasteiger partial charge in [0, 0.05) is 16.3 Å². The van der Waals surface area contributed by atoms with Crippen LogP contribution in [0.1, 0.15) is 5.56 Å². The normalized spacial score (nSPS) is 10.8. The zero-order valence-electron chi connectivity index (χ0n) is 13.1. The van der Waals surface area contributed by atoms with Crippen LogP contribution in [0.3, 0.4) is 0 Å². The summed E-state index contributed by atoms with van der Waals surface area (Å²) in [7, 11) is 0. The summed E-state index contributed by atoms with van der Waals surface area (Å²) in [5, 5.41) is 9.72. The second-order valence-electron chi connectivity index (χ2n) is 5.14. The molecular weight excluding hydrogens is 344 g/mol.